The van der Waals surface area contributed by atoms with Crippen LogP contribution < -0.4 is 14.2 Å². The lowest BCUT2D eigenvalue weighted by molar-refractivity contribution is 0.173. The van der Waals surface area contributed by atoms with Gasteiger partial charge in [-0.25, -0.2) is 4.98 Å². The average molecular weight is 330 g/mol. The van der Waals surface area contributed by atoms with Crippen LogP contribution in [-0.4, -0.2) is 11.8 Å². The van der Waals surface area contributed by atoms with Crippen LogP contribution in [0.1, 0.15) is 5.89 Å². The molecule has 3 aromatic rings. The molecule has 0 N–H and O–H groups in total. The highest BCUT2D eigenvalue weighted by atomic mass is 35.5. The molecule has 6 heteroatoms. The highest BCUT2D eigenvalue weighted by molar-refractivity contribution is 6.30. The van der Waals surface area contributed by atoms with E-state index < -0.39 is 0 Å². The maximum absolute atomic E-state index is 5.88. The second-order valence-electron chi connectivity index (χ2n) is 4.93. The molecule has 0 fully saturated rings. The minimum Gasteiger partial charge on any atom is -0.484 e. The summed E-state index contributed by atoms with van der Waals surface area (Å²) < 4.78 is 21.9. The zero-order valence-corrected chi connectivity index (χ0v) is 12.7. The first-order valence-electron chi connectivity index (χ1n) is 7.01. The van der Waals surface area contributed by atoms with E-state index >= 15 is 0 Å². The summed E-state index contributed by atoms with van der Waals surface area (Å²) in [6.07, 6.45) is 1.67. The number of oxazole rings is 1. The lowest BCUT2D eigenvalue weighted by atomic mass is 10.2. The quantitative estimate of drug-likeness (QED) is 0.714. The largest absolute Gasteiger partial charge is 0.484 e. The summed E-state index contributed by atoms with van der Waals surface area (Å²) in [5.74, 6) is 3.23. The molecule has 1 aromatic heterocycles. The summed E-state index contributed by atoms with van der Waals surface area (Å²) in [7, 11) is 0. The van der Waals surface area contributed by atoms with Crippen molar-refractivity contribution in [2.75, 3.05) is 6.79 Å². The first-order valence-corrected chi connectivity index (χ1v) is 7.39. The molecule has 0 saturated carbocycles. The molecule has 0 radical (unpaired) electrons. The molecule has 0 unspecified atom stereocenters. The lowest BCUT2D eigenvalue weighted by Crippen LogP contribution is -1.95. The fraction of sp³-hybridized carbons (Fsp3) is 0.118. The number of rotatable bonds is 4. The van der Waals surface area contributed by atoms with Gasteiger partial charge in [-0.3, -0.25) is 0 Å². The third kappa shape index (κ3) is 2.96. The molecule has 4 rings (SSSR count). The van der Waals surface area contributed by atoms with Crippen molar-refractivity contribution in [3.63, 3.8) is 0 Å². The number of hydrogen-bond acceptors (Lipinski definition) is 5. The Morgan fingerprint density at radius 3 is 2.74 bits per heavy atom. The Morgan fingerprint density at radius 1 is 1.04 bits per heavy atom. The summed E-state index contributed by atoms with van der Waals surface area (Å²) in [6, 6.07) is 12.8. The van der Waals surface area contributed by atoms with Gasteiger partial charge >= 0.3 is 0 Å². The van der Waals surface area contributed by atoms with Gasteiger partial charge in [0.2, 0.25) is 12.7 Å². The molecule has 0 spiro atoms. The van der Waals surface area contributed by atoms with E-state index in [1.54, 1.807) is 12.3 Å². The van der Waals surface area contributed by atoms with E-state index in [0.717, 1.165) is 11.3 Å². The highest BCUT2D eigenvalue weighted by Gasteiger charge is 2.14. The van der Waals surface area contributed by atoms with Crippen LogP contribution in [0.5, 0.6) is 17.2 Å². The van der Waals surface area contributed by atoms with Gasteiger partial charge in [-0.2, -0.15) is 0 Å². The molecule has 0 amide bonds. The predicted molar refractivity (Wildman–Crippen MR) is 83.8 cm³/mol. The van der Waals surface area contributed by atoms with Gasteiger partial charge in [-0.1, -0.05) is 11.6 Å². The molecule has 116 valence electrons. The Bertz CT molecular complexity index is 829. The van der Waals surface area contributed by atoms with Crippen molar-refractivity contribution >= 4 is 11.6 Å². The van der Waals surface area contributed by atoms with Gasteiger partial charge in [0.25, 0.3) is 0 Å². The number of aromatic nitrogens is 1. The van der Waals surface area contributed by atoms with Crippen LogP contribution in [0.2, 0.25) is 5.02 Å². The monoisotopic (exact) mass is 329 g/mol. The number of fused-ring (bicyclic) bond motifs is 1. The molecule has 2 aromatic carbocycles. The second-order valence-corrected chi connectivity index (χ2v) is 5.37. The number of nitrogens with zero attached hydrogens (tertiary/aromatic N) is 1. The van der Waals surface area contributed by atoms with Gasteiger partial charge in [-0.05, 0) is 36.4 Å². The van der Waals surface area contributed by atoms with Crippen molar-refractivity contribution in [1.82, 2.24) is 4.98 Å². The van der Waals surface area contributed by atoms with Crippen LogP contribution in [0.15, 0.2) is 53.1 Å². The van der Waals surface area contributed by atoms with Crippen molar-refractivity contribution in [2.45, 2.75) is 6.61 Å². The zero-order chi connectivity index (χ0) is 15.6. The molecule has 0 saturated heterocycles. The number of benzene rings is 2. The maximum Gasteiger partial charge on any atom is 0.232 e. The summed E-state index contributed by atoms with van der Waals surface area (Å²) in [5, 5.41) is 0.680. The number of ether oxygens (including phenoxy) is 3. The van der Waals surface area contributed by atoms with Gasteiger partial charge in [0.05, 0.1) is 6.20 Å². The molecule has 23 heavy (non-hydrogen) atoms. The number of hydrogen-bond donors (Lipinski definition) is 0. The van der Waals surface area contributed by atoms with Crippen molar-refractivity contribution in [3.8, 4) is 28.6 Å². The molecule has 1 aliphatic rings. The Morgan fingerprint density at radius 2 is 1.87 bits per heavy atom. The molecule has 0 aliphatic carbocycles. The van der Waals surface area contributed by atoms with Gasteiger partial charge in [-0.15, -0.1) is 0 Å². The van der Waals surface area contributed by atoms with Crippen LogP contribution in [-0.2, 0) is 6.61 Å². The van der Waals surface area contributed by atoms with Crippen LogP contribution in [0.25, 0.3) is 11.3 Å². The van der Waals surface area contributed by atoms with Gasteiger partial charge < -0.3 is 18.6 Å². The molecular formula is C17H12ClNO4. The van der Waals surface area contributed by atoms with Crippen LogP contribution in [0, 0.1) is 0 Å². The van der Waals surface area contributed by atoms with Gasteiger partial charge in [0.15, 0.2) is 23.9 Å². The maximum atomic E-state index is 5.88. The van der Waals surface area contributed by atoms with Crippen LogP contribution in [0.3, 0.4) is 0 Å². The fourth-order valence-corrected chi connectivity index (χ4v) is 2.36. The number of halogens is 1. The highest BCUT2D eigenvalue weighted by Crippen LogP contribution is 2.35. The van der Waals surface area contributed by atoms with E-state index in [1.807, 2.05) is 36.4 Å². The second kappa shape index (κ2) is 5.85. The topological polar surface area (TPSA) is 53.7 Å². The standard InChI is InChI=1S/C17H12ClNO4/c18-12-3-1-11(2-4-12)16-8-19-17(23-16)9-20-13-5-6-14-15(7-13)22-10-21-14/h1-8H,9-10H2. The summed E-state index contributed by atoms with van der Waals surface area (Å²) in [4.78, 5) is 4.22. The summed E-state index contributed by atoms with van der Waals surface area (Å²) >= 11 is 5.88. The third-order valence-corrected chi connectivity index (χ3v) is 3.64. The third-order valence-electron chi connectivity index (χ3n) is 3.39. The average Bonchev–Trinajstić information content (AvgIpc) is 3.22. The first kappa shape index (κ1) is 14.0. The van der Waals surface area contributed by atoms with E-state index in [9.17, 15) is 0 Å². The predicted octanol–water partition coefficient (Wildman–Crippen LogP) is 4.30. The Hall–Kier alpha value is -2.66. The SMILES string of the molecule is Clc1ccc(-c2cnc(COc3ccc4c(c3)OCO4)o2)cc1. The van der Waals surface area contributed by atoms with Crippen molar-refractivity contribution < 1.29 is 18.6 Å². The molecule has 5 nitrogen and oxygen atoms in total. The fourth-order valence-electron chi connectivity index (χ4n) is 2.24. The molecule has 1 aliphatic heterocycles. The Labute approximate surface area is 137 Å². The Kier molecular flexibility index (Phi) is 3.55. The van der Waals surface area contributed by atoms with Gasteiger partial charge in [0.1, 0.15) is 5.75 Å². The van der Waals surface area contributed by atoms with E-state index in [-0.39, 0.29) is 13.4 Å². The first-order chi connectivity index (χ1) is 11.3. The minimum atomic E-state index is 0.229. The van der Waals surface area contributed by atoms with Crippen molar-refractivity contribution in [2.24, 2.45) is 0 Å². The summed E-state index contributed by atoms with van der Waals surface area (Å²) in [5.41, 5.74) is 0.913. The van der Waals surface area contributed by atoms with E-state index in [4.69, 9.17) is 30.2 Å². The zero-order valence-electron chi connectivity index (χ0n) is 12.0. The van der Waals surface area contributed by atoms with E-state index in [1.165, 1.54) is 0 Å². The smallest absolute Gasteiger partial charge is 0.232 e. The van der Waals surface area contributed by atoms with E-state index in [0.29, 0.717) is 28.2 Å². The van der Waals surface area contributed by atoms with E-state index in [2.05, 4.69) is 4.98 Å². The van der Waals surface area contributed by atoms with Crippen LogP contribution in [0.4, 0.5) is 0 Å². The molecule has 0 bridgehead atoms. The molecule has 2 heterocycles. The normalized spacial score (nSPS) is 12.4. The molecule has 0 atom stereocenters. The summed E-state index contributed by atoms with van der Waals surface area (Å²) in [6.45, 7) is 0.468. The Balaban J connectivity index is 1.44. The lowest BCUT2D eigenvalue weighted by Gasteiger charge is -2.04. The van der Waals surface area contributed by atoms with Gasteiger partial charge in [0, 0.05) is 16.7 Å². The molecular weight excluding hydrogens is 318 g/mol. The van der Waals surface area contributed by atoms with Crippen LogP contribution >= 0.6 is 11.6 Å². The van der Waals surface area contributed by atoms with Crippen molar-refractivity contribution in [3.05, 3.63) is 59.6 Å². The minimum absolute atomic E-state index is 0.229. The van der Waals surface area contributed by atoms with Crippen molar-refractivity contribution in [1.29, 1.82) is 0 Å².